The SMILES string of the molecule is CCN(CC)C(=O)CN(C)C(=O)CC1(CS)CC1. The average molecular weight is 272 g/mol. The molecule has 1 aliphatic rings. The number of hydrogen-bond donors (Lipinski definition) is 1. The first-order valence-corrected chi connectivity index (χ1v) is 7.24. The van der Waals surface area contributed by atoms with Crippen molar-refractivity contribution in [1.29, 1.82) is 0 Å². The highest BCUT2D eigenvalue weighted by molar-refractivity contribution is 7.80. The molecule has 0 aromatic heterocycles. The summed E-state index contributed by atoms with van der Waals surface area (Å²) in [5, 5.41) is 0. The van der Waals surface area contributed by atoms with Gasteiger partial charge in [-0.15, -0.1) is 0 Å². The maximum absolute atomic E-state index is 12.0. The second-order valence-electron chi connectivity index (χ2n) is 5.15. The molecule has 5 heteroatoms. The molecule has 0 N–H and O–H groups in total. The lowest BCUT2D eigenvalue weighted by atomic mass is 10.0. The predicted octanol–water partition coefficient (Wildman–Crippen LogP) is 1.41. The lowest BCUT2D eigenvalue weighted by Gasteiger charge is -2.24. The Morgan fingerprint density at radius 2 is 1.72 bits per heavy atom. The summed E-state index contributed by atoms with van der Waals surface area (Å²) < 4.78 is 0. The van der Waals surface area contributed by atoms with Crippen LogP contribution < -0.4 is 0 Å². The normalized spacial score (nSPS) is 16.2. The molecule has 1 fully saturated rings. The first kappa shape index (κ1) is 15.3. The standard InChI is InChI=1S/C13H24N2O2S/c1-4-15(5-2)12(17)9-14(3)11(16)8-13(10-18)6-7-13/h18H,4-10H2,1-3H3. The van der Waals surface area contributed by atoms with E-state index in [0.717, 1.165) is 18.6 Å². The number of carbonyl (C=O) groups excluding carboxylic acids is 2. The topological polar surface area (TPSA) is 40.6 Å². The van der Waals surface area contributed by atoms with E-state index < -0.39 is 0 Å². The van der Waals surface area contributed by atoms with E-state index >= 15 is 0 Å². The highest BCUT2D eigenvalue weighted by Gasteiger charge is 2.43. The van der Waals surface area contributed by atoms with Gasteiger partial charge in [-0.1, -0.05) is 0 Å². The summed E-state index contributed by atoms with van der Waals surface area (Å²) in [6.45, 7) is 5.46. The van der Waals surface area contributed by atoms with Crippen LogP contribution in [-0.4, -0.2) is 54.0 Å². The molecule has 18 heavy (non-hydrogen) atoms. The predicted molar refractivity (Wildman–Crippen MR) is 75.7 cm³/mol. The molecule has 2 amide bonds. The minimum absolute atomic E-state index is 0.0200. The third kappa shape index (κ3) is 3.90. The zero-order valence-electron chi connectivity index (χ0n) is 11.6. The first-order valence-electron chi connectivity index (χ1n) is 6.60. The molecule has 0 heterocycles. The van der Waals surface area contributed by atoms with Crippen LogP contribution in [0.15, 0.2) is 0 Å². The fourth-order valence-electron chi connectivity index (χ4n) is 1.99. The Bertz CT molecular complexity index is 312. The van der Waals surface area contributed by atoms with Crippen LogP contribution in [0.25, 0.3) is 0 Å². The van der Waals surface area contributed by atoms with Crippen molar-refractivity contribution < 1.29 is 9.59 Å². The van der Waals surface area contributed by atoms with Gasteiger partial charge in [0.1, 0.15) is 0 Å². The zero-order chi connectivity index (χ0) is 13.8. The number of likely N-dealkylation sites (N-methyl/N-ethyl adjacent to an activating group) is 2. The van der Waals surface area contributed by atoms with Crippen molar-refractivity contribution in [3.63, 3.8) is 0 Å². The molecule has 104 valence electrons. The van der Waals surface area contributed by atoms with E-state index in [0.29, 0.717) is 19.5 Å². The van der Waals surface area contributed by atoms with E-state index in [1.165, 1.54) is 0 Å². The van der Waals surface area contributed by atoms with Crippen LogP contribution in [0.3, 0.4) is 0 Å². The summed E-state index contributed by atoms with van der Waals surface area (Å²) in [6, 6.07) is 0. The van der Waals surface area contributed by atoms with E-state index in [-0.39, 0.29) is 23.8 Å². The lowest BCUT2D eigenvalue weighted by Crippen LogP contribution is -2.41. The number of thiol groups is 1. The zero-order valence-corrected chi connectivity index (χ0v) is 12.5. The molecule has 1 saturated carbocycles. The highest BCUT2D eigenvalue weighted by atomic mass is 32.1. The van der Waals surface area contributed by atoms with Gasteiger partial charge in [-0.3, -0.25) is 9.59 Å². The minimum Gasteiger partial charge on any atom is -0.342 e. The van der Waals surface area contributed by atoms with Crippen LogP contribution in [0.1, 0.15) is 33.1 Å². The second kappa shape index (κ2) is 6.45. The number of amides is 2. The summed E-state index contributed by atoms with van der Waals surface area (Å²) >= 11 is 4.29. The van der Waals surface area contributed by atoms with Gasteiger partial charge in [0.25, 0.3) is 0 Å². The summed E-state index contributed by atoms with van der Waals surface area (Å²) in [6.07, 6.45) is 2.69. The van der Waals surface area contributed by atoms with Crippen LogP contribution in [0.5, 0.6) is 0 Å². The van der Waals surface area contributed by atoms with E-state index in [9.17, 15) is 9.59 Å². The third-order valence-corrected chi connectivity index (χ3v) is 4.40. The summed E-state index contributed by atoms with van der Waals surface area (Å²) in [4.78, 5) is 27.2. The average Bonchev–Trinajstić information content (AvgIpc) is 3.11. The molecular weight excluding hydrogens is 248 g/mol. The Kier molecular flexibility index (Phi) is 5.50. The van der Waals surface area contributed by atoms with E-state index in [1.807, 2.05) is 13.8 Å². The first-order chi connectivity index (χ1) is 8.48. The van der Waals surface area contributed by atoms with Crippen molar-refractivity contribution in [3.05, 3.63) is 0 Å². The Morgan fingerprint density at radius 1 is 1.17 bits per heavy atom. The molecule has 0 aliphatic heterocycles. The molecule has 0 saturated heterocycles. The molecule has 0 aromatic rings. The molecule has 1 aliphatic carbocycles. The molecule has 0 bridgehead atoms. The lowest BCUT2D eigenvalue weighted by molar-refractivity contribution is -0.139. The molecule has 0 aromatic carbocycles. The van der Waals surface area contributed by atoms with Crippen molar-refractivity contribution in [2.24, 2.45) is 5.41 Å². The van der Waals surface area contributed by atoms with Crippen molar-refractivity contribution >= 4 is 24.4 Å². The third-order valence-electron chi connectivity index (χ3n) is 3.73. The molecular formula is C13H24N2O2S. The van der Waals surface area contributed by atoms with E-state index in [2.05, 4.69) is 12.6 Å². The minimum atomic E-state index is 0.0200. The Labute approximate surface area is 115 Å². The maximum Gasteiger partial charge on any atom is 0.242 e. The number of nitrogens with zero attached hydrogens (tertiary/aromatic N) is 2. The van der Waals surface area contributed by atoms with Gasteiger partial charge in [-0.05, 0) is 37.9 Å². The Morgan fingerprint density at radius 3 is 2.11 bits per heavy atom. The number of carbonyl (C=O) groups is 2. The van der Waals surface area contributed by atoms with Crippen LogP contribution >= 0.6 is 12.6 Å². The van der Waals surface area contributed by atoms with Crippen molar-refractivity contribution in [3.8, 4) is 0 Å². The molecule has 0 unspecified atom stereocenters. The quantitative estimate of drug-likeness (QED) is 0.712. The van der Waals surface area contributed by atoms with Gasteiger partial charge in [0.15, 0.2) is 0 Å². The van der Waals surface area contributed by atoms with Crippen LogP contribution in [0.4, 0.5) is 0 Å². The van der Waals surface area contributed by atoms with Crippen LogP contribution in [0, 0.1) is 5.41 Å². The highest BCUT2D eigenvalue weighted by Crippen LogP contribution is 2.49. The van der Waals surface area contributed by atoms with Gasteiger partial charge in [0.05, 0.1) is 6.54 Å². The number of hydrogen-bond acceptors (Lipinski definition) is 3. The van der Waals surface area contributed by atoms with Crippen molar-refractivity contribution in [2.75, 3.05) is 32.4 Å². The summed E-state index contributed by atoms with van der Waals surface area (Å²) in [5.41, 5.74) is 0.118. The van der Waals surface area contributed by atoms with Crippen molar-refractivity contribution in [1.82, 2.24) is 9.80 Å². The Balaban J connectivity index is 2.42. The van der Waals surface area contributed by atoms with Crippen LogP contribution in [0.2, 0.25) is 0 Å². The van der Waals surface area contributed by atoms with E-state index in [1.54, 1.807) is 16.8 Å². The largest absolute Gasteiger partial charge is 0.342 e. The summed E-state index contributed by atoms with van der Waals surface area (Å²) in [5.74, 6) is 0.838. The van der Waals surface area contributed by atoms with Gasteiger partial charge in [-0.2, -0.15) is 12.6 Å². The second-order valence-corrected chi connectivity index (χ2v) is 5.47. The molecule has 1 rings (SSSR count). The van der Waals surface area contributed by atoms with Crippen molar-refractivity contribution in [2.45, 2.75) is 33.1 Å². The molecule has 0 atom stereocenters. The van der Waals surface area contributed by atoms with Gasteiger partial charge < -0.3 is 9.80 Å². The van der Waals surface area contributed by atoms with E-state index in [4.69, 9.17) is 0 Å². The monoisotopic (exact) mass is 272 g/mol. The summed E-state index contributed by atoms with van der Waals surface area (Å²) in [7, 11) is 1.71. The van der Waals surface area contributed by atoms with Gasteiger partial charge >= 0.3 is 0 Å². The molecule has 0 radical (unpaired) electrons. The Hall–Kier alpha value is -0.710. The fraction of sp³-hybridized carbons (Fsp3) is 0.846. The molecule has 0 spiro atoms. The van der Waals surface area contributed by atoms with Gasteiger partial charge in [-0.25, -0.2) is 0 Å². The molecule has 4 nitrogen and oxygen atoms in total. The van der Waals surface area contributed by atoms with Gasteiger partial charge in [0.2, 0.25) is 11.8 Å². The van der Waals surface area contributed by atoms with Gasteiger partial charge in [0, 0.05) is 26.6 Å². The van der Waals surface area contributed by atoms with Crippen LogP contribution in [-0.2, 0) is 9.59 Å². The smallest absolute Gasteiger partial charge is 0.242 e. The maximum atomic E-state index is 12.0. The number of rotatable bonds is 7. The fourth-order valence-corrected chi connectivity index (χ4v) is 2.42.